The Morgan fingerprint density at radius 3 is 2.27 bits per heavy atom. The van der Waals surface area contributed by atoms with Crippen LogP contribution in [-0.4, -0.2) is 101 Å². The van der Waals surface area contributed by atoms with Crippen molar-refractivity contribution in [3.05, 3.63) is 64.7 Å². The highest BCUT2D eigenvalue weighted by Crippen LogP contribution is 2.48. The Kier molecular flexibility index (Phi) is 13.1. The van der Waals surface area contributed by atoms with E-state index in [4.69, 9.17) is 11.1 Å². The zero-order valence-corrected chi connectivity index (χ0v) is 30.0. The molecular weight excluding hydrogens is 624 g/mol. The molecular formula is C37H55N6O6+. The largest absolute Gasteiger partial charge is 0.508 e. The van der Waals surface area contributed by atoms with Gasteiger partial charge in [0, 0.05) is 46.4 Å². The van der Waals surface area contributed by atoms with Gasteiger partial charge < -0.3 is 31.5 Å². The number of amides is 4. The molecule has 12 heteroatoms. The molecule has 0 bridgehead atoms. The lowest BCUT2D eigenvalue weighted by Gasteiger charge is -2.37. The van der Waals surface area contributed by atoms with Gasteiger partial charge in [0.1, 0.15) is 17.3 Å². The maximum Gasteiger partial charge on any atom is 0.280 e. The molecule has 49 heavy (non-hydrogen) atoms. The van der Waals surface area contributed by atoms with E-state index < -0.39 is 35.3 Å². The van der Waals surface area contributed by atoms with Crippen LogP contribution in [-0.2, 0) is 32.0 Å². The number of aryl methyl sites for hydroxylation is 2. The number of aromatic hydroxyl groups is 1. The number of hydrogen-bond donors (Lipinski definition) is 6. The van der Waals surface area contributed by atoms with E-state index in [1.807, 2.05) is 51.1 Å². The number of quaternary nitrogens is 1. The summed E-state index contributed by atoms with van der Waals surface area (Å²) < 4.78 is -0.0609. The third-order valence-corrected chi connectivity index (χ3v) is 10.1. The molecule has 0 spiro atoms. The number of carbonyl (C=O) groups is 4. The van der Waals surface area contributed by atoms with E-state index in [2.05, 4.69) is 10.6 Å². The van der Waals surface area contributed by atoms with Gasteiger partial charge >= 0.3 is 0 Å². The number of nitrogens with one attached hydrogen (secondary N) is 3. The molecule has 2 unspecified atom stereocenters. The van der Waals surface area contributed by atoms with E-state index in [-0.39, 0.29) is 66.2 Å². The summed E-state index contributed by atoms with van der Waals surface area (Å²) >= 11 is 0. The number of phenols is 1. The van der Waals surface area contributed by atoms with Crippen LogP contribution in [0, 0.1) is 31.1 Å². The third-order valence-electron chi connectivity index (χ3n) is 10.1. The lowest BCUT2D eigenvalue weighted by atomic mass is 9.93. The van der Waals surface area contributed by atoms with Gasteiger partial charge in [0.25, 0.3) is 5.91 Å². The monoisotopic (exact) mass is 679 g/mol. The van der Waals surface area contributed by atoms with Crippen LogP contribution < -0.4 is 16.4 Å². The van der Waals surface area contributed by atoms with E-state index in [1.54, 1.807) is 40.2 Å². The summed E-state index contributed by atoms with van der Waals surface area (Å²) in [5, 5.41) is 34.3. The van der Waals surface area contributed by atoms with E-state index in [1.165, 1.54) is 4.90 Å². The van der Waals surface area contributed by atoms with E-state index in [0.717, 1.165) is 22.3 Å². The topological polar surface area (TPSA) is 186 Å². The summed E-state index contributed by atoms with van der Waals surface area (Å²) in [6, 6.07) is 10.8. The first-order chi connectivity index (χ1) is 22.9. The zero-order chi connectivity index (χ0) is 36.7. The maximum atomic E-state index is 14.5. The molecule has 0 aromatic heterocycles. The van der Waals surface area contributed by atoms with E-state index in [0.29, 0.717) is 19.3 Å². The molecule has 2 aromatic rings. The summed E-state index contributed by atoms with van der Waals surface area (Å²) in [7, 11) is 5.13. The van der Waals surface area contributed by atoms with Crippen LogP contribution in [0.4, 0.5) is 0 Å². The van der Waals surface area contributed by atoms with Gasteiger partial charge in [-0.15, -0.1) is 0 Å². The molecule has 1 aliphatic carbocycles. The molecule has 5 atom stereocenters. The second-order valence-corrected chi connectivity index (χ2v) is 14.3. The minimum Gasteiger partial charge on any atom is -0.508 e. The van der Waals surface area contributed by atoms with Crippen LogP contribution in [0.1, 0.15) is 61.8 Å². The van der Waals surface area contributed by atoms with Crippen molar-refractivity contribution in [2.45, 2.75) is 83.8 Å². The molecule has 7 N–H and O–H groups in total. The third kappa shape index (κ3) is 9.88. The van der Waals surface area contributed by atoms with E-state index >= 15 is 0 Å². The number of amidine groups is 1. The van der Waals surface area contributed by atoms with Gasteiger partial charge in [0.05, 0.1) is 14.1 Å². The summed E-state index contributed by atoms with van der Waals surface area (Å²) in [6.07, 6.45) is 1.90. The summed E-state index contributed by atoms with van der Waals surface area (Å²) in [5.41, 5.74) is 7.35. The average molecular weight is 680 g/mol. The molecule has 1 fully saturated rings. The minimum atomic E-state index is -1.31. The lowest BCUT2D eigenvalue weighted by molar-refractivity contribution is -0.818. The van der Waals surface area contributed by atoms with Crippen molar-refractivity contribution >= 4 is 29.5 Å². The Morgan fingerprint density at radius 2 is 1.71 bits per heavy atom. The number of nitrogens with zero attached hydrogens (tertiary/aromatic N) is 2. The smallest absolute Gasteiger partial charge is 0.280 e. The molecule has 1 saturated carbocycles. The number of aliphatic hydroxyl groups is 1. The van der Waals surface area contributed by atoms with Crippen LogP contribution in [0.5, 0.6) is 5.75 Å². The summed E-state index contributed by atoms with van der Waals surface area (Å²) in [4.78, 5) is 55.4. The predicted octanol–water partition coefficient (Wildman–Crippen LogP) is 2.34. The van der Waals surface area contributed by atoms with Gasteiger partial charge in [-0.25, -0.2) is 0 Å². The van der Waals surface area contributed by atoms with Gasteiger partial charge in [-0.2, -0.15) is 0 Å². The molecule has 0 aliphatic heterocycles. The number of rotatable bonds is 17. The normalized spacial score (nSPS) is 18.9. The molecule has 0 heterocycles. The average Bonchev–Trinajstić information content (AvgIpc) is 3.70. The van der Waals surface area contributed by atoms with Gasteiger partial charge in [-0.1, -0.05) is 37.3 Å². The number of likely N-dealkylation sites (N-methyl/N-ethyl adjacent to an activating group) is 2. The molecule has 0 saturated heterocycles. The standard InChI is InChI=1S/C37H54N6O6/c1-23(14-16-44)17-28-22-37(28,36(49)40-31(20-27-11-9-8-10-12-27)35(48)42(5)15-13-33(39)46)41-34(47)32(43(6,7)26(4)38)21-30-24(2)18-29(45)19-25(30)3/h8-12,18-19,23,28,31-32,38,44H,13-17,20-22H2,1-7H3,(H4-,39,40,41,45,46,47,49)/p+1/t23?,28-,31+,32+,37?/m1/s1. The quantitative estimate of drug-likeness (QED) is 0.0847. The van der Waals surface area contributed by atoms with Crippen molar-refractivity contribution in [2.75, 3.05) is 34.3 Å². The molecule has 12 nitrogen and oxygen atoms in total. The summed E-state index contributed by atoms with van der Waals surface area (Å²) in [5.74, 6) is -1.59. The van der Waals surface area contributed by atoms with E-state index in [9.17, 15) is 29.4 Å². The first-order valence-electron chi connectivity index (χ1n) is 16.9. The number of aliphatic hydroxyl groups excluding tert-OH is 1. The first-order valence-corrected chi connectivity index (χ1v) is 16.9. The van der Waals surface area contributed by atoms with Crippen LogP contribution in [0.25, 0.3) is 0 Å². The predicted molar refractivity (Wildman–Crippen MR) is 189 cm³/mol. The lowest BCUT2D eigenvalue weighted by Crippen LogP contribution is -2.63. The fourth-order valence-electron chi connectivity index (χ4n) is 6.55. The SMILES string of the molecule is CC(=N)[N+](C)(C)[C@@H](Cc1c(C)cc(O)cc1C)C(=O)NC1(C(=O)N[C@@H](Cc2ccccc2)C(=O)N(C)CCC(N)=O)C[C@H]1CC(C)CCO. The van der Waals surface area contributed by atoms with Crippen LogP contribution in [0.3, 0.4) is 0 Å². The molecule has 268 valence electrons. The number of benzene rings is 2. The van der Waals surface area contributed by atoms with Gasteiger partial charge in [-0.3, -0.25) is 29.1 Å². The minimum absolute atomic E-state index is 0.00240. The highest BCUT2D eigenvalue weighted by molar-refractivity contribution is 5.98. The van der Waals surface area contributed by atoms with Crippen LogP contribution in [0.15, 0.2) is 42.5 Å². The Balaban J connectivity index is 2.00. The highest BCUT2D eigenvalue weighted by atomic mass is 16.3. The fourth-order valence-corrected chi connectivity index (χ4v) is 6.55. The van der Waals surface area contributed by atoms with Gasteiger partial charge in [0.15, 0.2) is 11.9 Å². The Hall–Kier alpha value is -4.29. The maximum absolute atomic E-state index is 14.5. The number of hydrogen-bond acceptors (Lipinski definition) is 7. The molecule has 3 rings (SSSR count). The zero-order valence-electron chi connectivity index (χ0n) is 30.0. The fraction of sp³-hybridized carbons (Fsp3) is 0.541. The number of phenolic OH excluding ortho intramolecular Hbond substituents is 1. The number of nitrogens with two attached hydrogens (primary N) is 1. The molecule has 1 aliphatic rings. The van der Waals surface area contributed by atoms with Gasteiger partial charge in [-0.05, 0) is 79.3 Å². The number of carbonyl (C=O) groups excluding carboxylic acids is 4. The number of primary amides is 1. The van der Waals surface area contributed by atoms with Gasteiger partial charge in [0.2, 0.25) is 17.7 Å². The van der Waals surface area contributed by atoms with Crippen molar-refractivity contribution in [3.63, 3.8) is 0 Å². The van der Waals surface area contributed by atoms with Crippen molar-refractivity contribution in [1.82, 2.24) is 15.5 Å². The molecule has 0 radical (unpaired) electrons. The second kappa shape index (κ2) is 16.4. The highest BCUT2D eigenvalue weighted by Gasteiger charge is 2.62. The van der Waals surface area contributed by atoms with Crippen molar-refractivity contribution < 1.29 is 33.9 Å². The van der Waals surface area contributed by atoms with Crippen molar-refractivity contribution in [2.24, 2.45) is 17.6 Å². The Morgan fingerprint density at radius 1 is 1.10 bits per heavy atom. The summed E-state index contributed by atoms with van der Waals surface area (Å²) in [6.45, 7) is 7.46. The van der Waals surface area contributed by atoms with Crippen molar-refractivity contribution in [1.29, 1.82) is 5.41 Å². The molecule has 4 amide bonds. The second-order valence-electron chi connectivity index (χ2n) is 14.3. The Labute approximate surface area is 290 Å². The first kappa shape index (κ1) is 39.2. The van der Waals surface area contributed by atoms with Crippen LogP contribution in [0.2, 0.25) is 0 Å². The Bertz CT molecular complexity index is 1510. The van der Waals surface area contributed by atoms with Crippen LogP contribution >= 0.6 is 0 Å². The van der Waals surface area contributed by atoms with Crippen molar-refractivity contribution in [3.8, 4) is 5.75 Å². The molecule has 2 aromatic carbocycles.